The Morgan fingerprint density at radius 1 is 1.27 bits per heavy atom. The van der Waals surface area contributed by atoms with Gasteiger partial charge >= 0.3 is 0 Å². The Labute approximate surface area is 204 Å². The summed E-state index contributed by atoms with van der Waals surface area (Å²) in [5.41, 5.74) is 1.81. The largest absolute Gasteiger partial charge is 0.355 e. The molecule has 1 unspecified atom stereocenters. The molecule has 1 aliphatic heterocycles. The number of nitriles is 1. The zero-order valence-corrected chi connectivity index (χ0v) is 20.8. The monoisotopic (exact) mass is 484 g/mol. The van der Waals surface area contributed by atoms with Crippen LogP contribution in [0.5, 0.6) is 0 Å². The standard InChI is InChI=1S/C25H32N4O2S2/c1-17-4-5-20-21(16-26)25(33-22(20)15-17)28-23(30)9-13-29-11-7-18(8-12-29)24(31)27-10-6-19-3-2-14-32-19/h2-3,14,17-18H,4-13,15H2,1H3,(H,27,31)(H,28,30). The van der Waals surface area contributed by atoms with E-state index in [0.717, 1.165) is 62.2 Å². The Morgan fingerprint density at radius 3 is 2.82 bits per heavy atom. The first-order valence-electron chi connectivity index (χ1n) is 11.9. The second kappa shape index (κ2) is 11.3. The highest BCUT2D eigenvalue weighted by atomic mass is 32.1. The van der Waals surface area contributed by atoms with E-state index in [4.69, 9.17) is 0 Å². The van der Waals surface area contributed by atoms with E-state index in [1.165, 1.54) is 9.75 Å². The first kappa shape index (κ1) is 23.9. The van der Waals surface area contributed by atoms with E-state index in [2.05, 4.69) is 40.0 Å². The number of anilines is 1. The van der Waals surface area contributed by atoms with Crippen molar-refractivity contribution in [3.05, 3.63) is 38.4 Å². The fraction of sp³-hybridized carbons (Fsp3) is 0.560. The Kier molecular flexibility index (Phi) is 8.18. The Morgan fingerprint density at radius 2 is 2.09 bits per heavy atom. The molecular weight excluding hydrogens is 452 g/mol. The van der Waals surface area contributed by atoms with Crippen molar-refractivity contribution in [1.29, 1.82) is 5.26 Å². The van der Waals surface area contributed by atoms with Crippen molar-refractivity contribution in [3.8, 4) is 6.07 Å². The topological polar surface area (TPSA) is 85.2 Å². The maximum Gasteiger partial charge on any atom is 0.226 e. The van der Waals surface area contributed by atoms with Gasteiger partial charge in [-0.15, -0.1) is 22.7 Å². The number of carbonyl (C=O) groups is 2. The molecule has 4 rings (SSSR count). The first-order valence-corrected chi connectivity index (χ1v) is 13.6. The summed E-state index contributed by atoms with van der Waals surface area (Å²) in [7, 11) is 0. The smallest absolute Gasteiger partial charge is 0.226 e. The van der Waals surface area contributed by atoms with Gasteiger partial charge in [0.25, 0.3) is 0 Å². The van der Waals surface area contributed by atoms with Gasteiger partial charge in [0, 0.05) is 35.2 Å². The molecule has 0 bridgehead atoms. The predicted octanol–water partition coefficient (Wildman–Crippen LogP) is 4.21. The summed E-state index contributed by atoms with van der Waals surface area (Å²) in [6.45, 7) is 5.29. The second-order valence-electron chi connectivity index (χ2n) is 9.20. The SMILES string of the molecule is CC1CCc2c(sc(NC(=O)CCN3CCC(C(=O)NCCc4cccs4)CC3)c2C#N)C1. The molecule has 0 spiro atoms. The van der Waals surface area contributed by atoms with Crippen LogP contribution in [0.15, 0.2) is 17.5 Å². The fourth-order valence-electron chi connectivity index (χ4n) is 4.73. The molecule has 1 saturated heterocycles. The fourth-order valence-corrected chi connectivity index (χ4v) is 6.82. The molecule has 1 aliphatic carbocycles. The van der Waals surface area contributed by atoms with Crippen LogP contribution >= 0.6 is 22.7 Å². The summed E-state index contributed by atoms with van der Waals surface area (Å²) in [5.74, 6) is 0.823. The van der Waals surface area contributed by atoms with Crippen molar-refractivity contribution < 1.29 is 9.59 Å². The molecule has 0 radical (unpaired) electrons. The summed E-state index contributed by atoms with van der Waals surface area (Å²) in [4.78, 5) is 29.9. The van der Waals surface area contributed by atoms with Crippen molar-refractivity contribution in [2.75, 3.05) is 31.5 Å². The summed E-state index contributed by atoms with van der Waals surface area (Å²) in [6.07, 6.45) is 6.00. The van der Waals surface area contributed by atoms with Crippen molar-refractivity contribution in [2.24, 2.45) is 11.8 Å². The van der Waals surface area contributed by atoms with E-state index in [9.17, 15) is 14.9 Å². The van der Waals surface area contributed by atoms with Crippen LogP contribution < -0.4 is 10.6 Å². The quantitative estimate of drug-likeness (QED) is 0.588. The Balaban J connectivity index is 1.18. The molecule has 1 fully saturated rings. The van der Waals surface area contributed by atoms with Gasteiger partial charge in [-0.1, -0.05) is 13.0 Å². The molecule has 33 heavy (non-hydrogen) atoms. The number of nitrogens with zero attached hydrogens (tertiary/aromatic N) is 2. The van der Waals surface area contributed by atoms with Gasteiger partial charge in [0.2, 0.25) is 11.8 Å². The van der Waals surface area contributed by atoms with E-state index in [0.29, 0.717) is 31.0 Å². The summed E-state index contributed by atoms with van der Waals surface area (Å²) in [5, 5.41) is 18.5. The number of thiophene rings is 2. The van der Waals surface area contributed by atoms with Crippen LogP contribution in [-0.4, -0.2) is 42.9 Å². The number of nitrogens with one attached hydrogen (secondary N) is 2. The van der Waals surface area contributed by atoms with Crippen LogP contribution in [0.1, 0.15) is 53.5 Å². The molecule has 2 aromatic heterocycles. The lowest BCUT2D eigenvalue weighted by Gasteiger charge is -2.31. The molecule has 2 aromatic rings. The van der Waals surface area contributed by atoms with Crippen LogP contribution in [-0.2, 0) is 28.9 Å². The minimum atomic E-state index is -0.0356. The van der Waals surface area contributed by atoms with E-state index in [1.54, 1.807) is 22.7 Å². The minimum absolute atomic E-state index is 0.0356. The number of carbonyl (C=O) groups excluding carboxylic acids is 2. The van der Waals surface area contributed by atoms with Gasteiger partial charge in [0.15, 0.2) is 0 Å². The zero-order valence-electron chi connectivity index (χ0n) is 19.2. The van der Waals surface area contributed by atoms with E-state index in [1.807, 2.05) is 6.07 Å². The number of fused-ring (bicyclic) bond motifs is 1. The number of likely N-dealkylation sites (tertiary alicyclic amines) is 1. The highest BCUT2D eigenvalue weighted by molar-refractivity contribution is 7.16. The Hall–Kier alpha value is -2.21. The number of hydrogen-bond acceptors (Lipinski definition) is 6. The third-order valence-corrected chi connectivity index (χ3v) is 8.85. The highest BCUT2D eigenvalue weighted by Crippen LogP contribution is 2.39. The summed E-state index contributed by atoms with van der Waals surface area (Å²) in [6, 6.07) is 6.45. The normalized spacial score (nSPS) is 19.0. The summed E-state index contributed by atoms with van der Waals surface area (Å²) < 4.78 is 0. The maximum atomic E-state index is 12.6. The van der Waals surface area contributed by atoms with Gasteiger partial charge in [-0.3, -0.25) is 9.59 Å². The Bertz CT molecular complexity index is 1000. The van der Waals surface area contributed by atoms with Gasteiger partial charge in [0.1, 0.15) is 11.1 Å². The molecule has 2 amide bonds. The lowest BCUT2D eigenvalue weighted by molar-refractivity contribution is -0.126. The van der Waals surface area contributed by atoms with E-state index in [-0.39, 0.29) is 17.7 Å². The lowest BCUT2D eigenvalue weighted by Crippen LogP contribution is -2.41. The molecule has 2 aliphatic rings. The minimum Gasteiger partial charge on any atom is -0.355 e. The van der Waals surface area contributed by atoms with Gasteiger partial charge in [0.05, 0.1) is 5.56 Å². The third-order valence-electron chi connectivity index (χ3n) is 6.74. The molecule has 176 valence electrons. The zero-order chi connectivity index (χ0) is 23.2. The molecule has 3 heterocycles. The molecule has 0 saturated carbocycles. The lowest BCUT2D eigenvalue weighted by atomic mass is 9.89. The molecule has 0 aromatic carbocycles. The van der Waals surface area contributed by atoms with Gasteiger partial charge in [-0.2, -0.15) is 5.26 Å². The molecule has 6 nitrogen and oxygen atoms in total. The van der Waals surface area contributed by atoms with Crippen LogP contribution in [0.25, 0.3) is 0 Å². The number of rotatable bonds is 8. The van der Waals surface area contributed by atoms with Gasteiger partial charge < -0.3 is 15.5 Å². The van der Waals surface area contributed by atoms with Crippen molar-refractivity contribution in [3.63, 3.8) is 0 Å². The van der Waals surface area contributed by atoms with Crippen molar-refractivity contribution in [2.45, 2.75) is 51.9 Å². The first-order chi connectivity index (χ1) is 16.0. The molecular formula is C25H32N4O2S2. The van der Waals surface area contributed by atoms with Crippen LogP contribution in [0.4, 0.5) is 5.00 Å². The average molecular weight is 485 g/mol. The van der Waals surface area contributed by atoms with Crippen LogP contribution in [0.2, 0.25) is 0 Å². The maximum absolute atomic E-state index is 12.6. The number of amides is 2. The van der Waals surface area contributed by atoms with Gasteiger partial charge in [-0.25, -0.2) is 0 Å². The summed E-state index contributed by atoms with van der Waals surface area (Å²) >= 11 is 3.30. The van der Waals surface area contributed by atoms with Crippen molar-refractivity contribution >= 4 is 39.5 Å². The second-order valence-corrected chi connectivity index (χ2v) is 11.3. The third kappa shape index (κ3) is 6.23. The highest BCUT2D eigenvalue weighted by Gasteiger charge is 2.26. The number of hydrogen-bond donors (Lipinski definition) is 2. The number of piperidine rings is 1. The average Bonchev–Trinajstić information content (AvgIpc) is 3.45. The molecule has 8 heteroatoms. The van der Waals surface area contributed by atoms with E-state index < -0.39 is 0 Å². The van der Waals surface area contributed by atoms with Crippen molar-refractivity contribution in [1.82, 2.24) is 10.2 Å². The van der Waals surface area contributed by atoms with E-state index >= 15 is 0 Å². The van der Waals surface area contributed by atoms with Gasteiger partial charge in [-0.05, 0) is 74.5 Å². The van der Waals surface area contributed by atoms with Crippen LogP contribution in [0, 0.1) is 23.2 Å². The van der Waals surface area contributed by atoms with Crippen LogP contribution in [0.3, 0.4) is 0 Å². The molecule has 1 atom stereocenters. The predicted molar refractivity (Wildman–Crippen MR) is 134 cm³/mol. The molecule has 2 N–H and O–H groups in total.